The Kier molecular flexibility index (Phi) is 7.31. The molecular formula is C21H21Cl2N3O4. The van der Waals surface area contributed by atoms with Crippen molar-refractivity contribution in [3.63, 3.8) is 0 Å². The number of hydrogen-bond acceptors (Lipinski definition) is 5. The summed E-state index contributed by atoms with van der Waals surface area (Å²) >= 11 is 12.0. The van der Waals surface area contributed by atoms with Gasteiger partial charge in [0.2, 0.25) is 5.91 Å². The van der Waals surface area contributed by atoms with Crippen LogP contribution < -0.4 is 5.32 Å². The highest BCUT2D eigenvalue weighted by molar-refractivity contribution is 6.36. The molecule has 3 rings (SSSR count). The van der Waals surface area contributed by atoms with E-state index in [9.17, 15) is 14.4 Å². The fraction of sp³-hybridized carbons (Fsp3) is 0.286. The van der Waals surface area contributed by atoms with Crippen LogP contribution in [0.4, 0.5) is 5.69 Å². The Balaban J connectivity index is 1.51. The SMILES string of the molecule is COC(=O)c1cccc(NC(=O)CN2CCN(C(=O)c3ccc(Cl)cc3Cl)CC2)c1. The van der Waals surface area contributed by atoms with Crippen LogP contribution in [0, 0.1) is 0 Å². The highest BCUT2D eigenvalue weighted by Crippen LogP contribution is 2.23. The molecule has 0 bridgehead atoms. The van der Waals surface area contributed by atoms with E-state index in [1.54, 1.807) is 47.4 Å². The van der Waals surface area contributed by atoms with Gasteiger partial charge < -0.3 is 15.0 Å². The topological polar surface area (TPSA) is 79.0 Å². The minimum Gasteiger partial charge on any atom is -0.465 e. The number of esters is 1. The van der Waals surface area contributed by atoms with Crippen LogP contribution in [0.1, 0.15) is 20.7 Å². The molecule has 0 spiro atoms. The number of piperazine rings is 1. The Morgan fingerprint density at radius 3 is 2.43 bits per heavy atom. The second-order valence-corrected chi connectivity index (χ2v) is 7.66. The number of rotatable bonds is 5. The first-order chi connectivity index (χ1) is 14.4. The lowest BCUT2D eigenvalue weighted by Crippen LogP contribution is -2.50. The maximum atomic E-state index is 12.7. The van der Waals surface area contributed by atoms with E-state index in [1.807, 2.05) is 4.90 Å². The van der Waals surface area contributed by atoms with Crippen LogP contribution in [-0.4, -0.2) is 67.4 Å². The Morgan fingerprint density at radius 2 is 1.77 bits per heavy atom. The molecule has 1 aliphatic heterocycles. The summed E-state index contributed by atoms with van der Waals surface area (Å²) in [5, 5.41) is 3.58. The lowest BCUT2D eigenvalue weighted by molar-refractivity contribution is -0.117. The molecule has 7 nitrogen and oxygen atoms in total. The van der Waals surface area contributed by atoms with E-state index in [1.165, 1.54) is 7.11 Å². The van der Waals surface area contributed by atoms with Gasteiger partial charge in [0, 0.05) is 36.9 Å². The standard InChI is InChI=1S/C21H21Cl2N3O4/c1-30-21(29)14-3-2-4-16(11-14)24-19(27)13-25-7-9-26(10-8-25)20(28)17-6-5-15(22)12-18(17)23/h2-6,11-12H,7-10,13H2,1H3,(H,24,27). The van der Waals surface area contributed by atoms with Crippen LogP contribution in [0.15, 0.2) is 42.5 Å². The molecule has 9 heteroatoms. The first-order valence-corrected chi connectivity index (χ1v) is 10.1. The fourth-order valence-electron chi connectivity index (χ4n) is 3.19. The minimum atomic E-state index is -0.465. The summed E-state index contributed by atoms with van der Waals surface area (Å²) in [6.45, 7) is 2.29. The number of ether oxygens (including phenoxy) is 1. The van der Waals surface area contributed by atoms with Gasteiger partial charge in [-0.1, -0.05) is 29.3 Å². The second-order valence-electron chi connectivity index (χ2n) is 6.81. The van der Waals surface area contributed by atoms with E-state index in [0.29, 0.717) is 53.0 Å². The Morgan fingerprint density at radius 1 is 1.03 bits per heavy atom. The number of halogens is 2. The smallest absolute Gasteiger partial charge is 0.337 e. The fourth-order valence-corrected chi connectivity index (χ4v) is 3.68. The van der Waals surface area contributed by atoms with Crippen molar-refractivity contribution in [3.05, 3.63) is 63.6 Å². The number of hydrogen-bond donors (Lipinski definition) is 1. The summed E-state index contributed by atoms with van der Waals surface area (Å²) in [5.74, 6) is -0.814. The van der Waals surface area contributed by atoms with Gasteiger partial charge >= 0.3 is 5.97 Å². The third-order valence-electron chi connectivity index (χ3n) is 4.76. The number of nitrogens with zero attached hydrogens (tertiary/aromatic N) is 2. The molecule has 0 radical (unpaired) electrons. The average molecular weight is 450 g/mol. The number of benzene rings is 2. The van der Waals surface area contributed by atoms with E-state index in [4.69, 9.17) is 23.2 Å². The number of anilines is 1. The third-order valence-corrected chi connectivity index (χ3v) is 5.30. The molecule has 158 valence electrons. The third kappa shape index (κ3) is 5.50. The maximum absolute atomic E-state index is 12.7. The minimum absolute atomic E-state index is 0.152. The monoisotopic (exact) mass is 449 g/mol. The Labute approximate surface area is 184 Å². The first kappa shape index (κ1) is 22.1. The zero-order chi connectivity index (χ0) is 21.7. The molecular weight excluding hydrogens is 429 g/mol. The van der Waals surface area contributed by atoms with E-state index >= 15 is 0 Å². The number of nitrogens with one attached hydrogen (secondary N) is 1. The van der Waals surface area contributed by atoms with Gasteiger partial charge in [-0.25, -0.2) is 4.79 Å². The van der Waals surface area contributed by atoms with Crippen LogP contribution in [-0.2, 0) is 9.53 Å². The van der Waals surface area contributed by atoms with Gasteiger partial charge in [-0.3, -0.25) is 14.5 Å². The summed E-state index contributed by atoms with van der Waals surface area (Å²) in [6.07, 6.45) is 0. The quantitative estimate of drug-likeness (QED) is 0.709. The van der Waals surface area contributed by atoms with Crippen LogP contribution in [0.3, 0.4) is 0 Å². The molecule has 30 heavy (non-hydrogen) atoms. The van der Waals surface area contributed by atoms with Gasteiger partial charge in [0.15, 0.2) is 0 Å². The molecule has 0 atom stereocenters. The Hall–Kier alpha value is -2.61. The van der Waals surface area contributed by atoms with Gasteiger partial charge in [-0.2, -0.15) is 0 Å². The molecule has 1 fully saturated rings. The van der Waals surface area contributed by atoms with Gasteiger partial charge in [0.1, 0.15) is 0 Å². The van der Waals surface area contributed by atoms with Gasteiger partial charge in [0.05, 0.1) is 29.8 Å². The largest absolute Gasteiger partial charge is 0.465 e. The Bertz CT molecular complexity index is 959. The summed E-state index contributed by atoms with van der Waals surface area (Å²) in [5.41, 5.74) is 1.30. The van der Waals surface area contributed by atoms with Crippen molar-refractivity contribution in [3.8, 4) is 0 Å². The number of carbonyl (C=O) groups is 3. The van der Waals surface area contributed by atoms with Crippen molar-refractivity contribution in [2.24, 2.45) is 0 Å². The highest BCUT2D eigenvalue weighted by Gasteiger charge is 2.24. The van der Waals surface area contributed by atoms with Gasteiger partial charge in [0.25, 0.3) is 5.91 Å². The predicted octanol–water partition coefficient (Wildman–Crippen LogP) is 3.18. The molecule has 0 unspecified atom stereocenters. The summed E-state index contributed by atoms with van der Waals surface area (Å²) in [7, 11) is 1.30. The van der Waals surface area contributed by atoms with E-state index < -0.39 is 5.97 Å². The lowest BCUT2D eigenvalue weighted by Gasteiger charge is -2.34. The highest BCUT2D eigenvalue weighted by atomic mass is 35.5. The molecule has 1 aliphatic rings. The van der Waals surface area contributed by atoms with Crippen molar-refractivity contribution in [2.75, 3.05) is 45.2 Å². The van der Waals surface area contributed by atoms with E-state index in [2.05, 4.69) is 10.1 Å². The van der Waals surface area contributed by atoms with Crippen molar-refractivity contribution in [2.45, 2.75) is 0 Å². The normalized spacial score (nSPS) is 14.3. The van der Waals surface area contributed by atoms with Crippen molar-refractivity contribution >= 4 is 46.7 Å². The van der Waals surface area contributed by atoms with Crippen LogP contribution in [0.25, 0.3) is 0 Å². The molecule has 2 amide bonds. The molecule has 2 aromatic carbocycles. The zero-order valence-corrected chi connectivity index (χ0v) is 17.9. The van der Waals surface area contributed by atoms with Crippen molar-refractivity contribution in [1.82, 2.24) is 9.80 Å². The molecule has 0 aliphatic carbocycles. The average Bonchev–Trinajstić information content (AvgIpc) is 2.73. The molecule has 2 aromatic rings. The second kappa shape index (κ2) is 9.93. The van der Waals surface area contributed by atoms with Gasteiger partial charge in [-0.05, 0) is 36.4 Å². The summed E-state index contributed by atoms with van der Waals surface area (Å²) in [4.78, 5) is 40.3. The lowest BCUT2D eigenvalue weighted by atomic mass is 10.1. The molecule has 0 aromatic heterocycles. The summed E-state index contributed by atoms with van der Waals surface area (Å²) < 4.78 is 4.69. The molecule has 1 saturated heterocycles. The summed E-state index contributed by atoms with van der Waals surface area (Å²) in [6, 6.07) is 11.4. The van der Waals surface area contributed by atoms with Gasteiger partial charge in [-0.15, -0.1) is 0 Å². The molecule has 1 N–H and O–H groups in total. The number of methoxy groups -OCH3 is 1. The maximum Gasteiger partial charge on any atom is 0.337 e. The van der Waals surface area contributed by atoms with Crippen LogP contribution in [0.5, 0.6) is 0 Å². The van der Waals surface area contributed by atoms with Crippen LogP contribution in [0.2, 0.25) is 10.0 Å². The zero-order valence-electron chi connectivity index (χ0n) is 16.4. The predicted molar refractivity (Wildman–Crippen MR) is 115 cm³/mol. The number of carbonyl (C=O) groups excluding carboxylic acids is 3. The van der Waals surface area contributed by atoms with Crippen molar-refractivity contribution < 1.29 is 19.1 Å². The van der Waals surface area contributed by atoms with E-state index in [0.717, 1.165) is 0 Å². The van der Waals surface area contributed by atoms with E-state index in [-0.39, 0.29) is 18.4 Å². The first-order valence-electron chi connectivity index (χ1n) is 9.32. The van der Waals surface area contributed by atoms with Crippen LogP contribution >= 0.6 is 23.2 Å². The number of amides is 2. The molecule has 1 heterocycles. The molecule has 0 saturated carbocycles. The van der Waals surface area contributed by atoms with Crippen molar-refractivity contribution in [1.29, 1.82) is 0 Å².